The van der Waals surface area contributed by atoms with Gasteiger partial charge in [-0.05, 0) is 52.9 Å². The van der Waals surface area contributed by atoms with E-state index in [0.29, 0.717) is 12.8 Å². The molecular weight excluding hydrogens is 514 g/mol. The maximum atomic E-state index is 14.1. The molecule has 0 aliphatic carbocycles. The molecule has 0 bridgehead atoms. The summed E-state index contributed by atoms with van der Waals surface area (Å²) in [5.74, 6) is -2.79. The normalized spacial score (nSPS) is 23.4. The lowest BCUT2D eigenvalue weighted by molar-refractivity contribution is -0.145. The summed E-state index contributed by atoms with van der Waals surface area (Å²) in [6, 6.07) is -3.39. The largest absolute Gasteiger partial charge is 0.370 e. The Kier molecular flexibility index (Phi) is 10.6. The van der Waals surface area contributed by atoms with Gasteiger partial charge in [0.2, 0.25) is 17.6 Å². The number of ketones is 1. The summed E-state index contributed by atoms with van der Waals surface area (Å²) < 4.78 is 6.21. The molecule has 5 amide bonds. The van der Waals surface area contributed by atoms with E-state index in [4.69, 9.17) is 4.74 Å². The molecule has 40 heavy (non-hydrogen) atoms. The molecule has 0 spiro atoms. The van der Waals surface area contributed by atoms with Crippen molar-refractivity contribution >= 4 is 29.5 Å². The van der Waals surface area contributed by atoms with Gasteiger partial charge in [0.05, 0.1) is 17.7 Å². The molecule has 0 radical (unpaired) electrons. The first kappa shape index (κ1) is 33.3. The van der Waals surface area contributed by atoms with Crippen LogP contribution in [0.1, 0.15) is 81.6 Å². The number of hydrogen-bond acceptors (Lipinski definition) is 6. The zero-order chi connectivity index (χ0) is 30.6. The maximum absolute atomic E-state index is 14.1. The lowest BCUT2D eigenvalue weighted by atomic mass is 9.85. The molecule has 2 rings (SSSR count). The average molecular weight is 564 g/mol. The van der Waals surface area contributed by atoms with E-state index in [9.17, 15) is 24.0 Å². The van der Waals surface area contributed by atoms with E-state index in [-0.39, 0.29) is 31.5 Å². The van der Waals surface area contributed by atoms with Gasteiger partial charge in [0, 0.05) is 24.5 Å². The first-order valence-corrected chi connectivity index (χ1v) is 14.1. The summed E-state index contributed by atoms with van der Waals surface area (Å²) in [5, 5.41) is 10.9. The molecule has 2 saturated heterocycles. The second-order valence-electron chi connectivity index (χ2n) is 13.6. The Bertz CT molecular complexity index is 996. The number of ether oxygens (including phenoxy) is 1. The summed E-state index contributed by atoms with van der Waals surface area (Å²) in [6.45, 7) is 20.6. The number of likely N-dealkylation sites (tertiary alicyclic amines) is 1. The molecule has 4 N–H and O–H groups in total. The number of nitrogens with zero attached hydrogens (tertiary/aromatic N) is 1. The molecule has 0 aromatic heterocycles. The Morgan fingerprint density at radius 2 is 1.70 bits per heavy atom. The first-order chi connectivity index (χ1) is 18.3. The number of carbonyl (C=O) groups excluding carboxylic acids is 5. The molecule has 11 nitrogen and oxygen atoms in total. The van der Waals surface area contributed by atoms with Gasteiger partial charge in [-0.1, -0.05) is 40.2 Å². The molecule has 11 heteroatoms. The summed E-state index contributed by atoms with van der Waals surface area (Å²) in [7, 11) is 0. The number of carbonyl (C=O) groups is 5. The van der Waals surface area contributed by atoms with Crippen molar-refractivity contribution in [2.24, 2.45) is 11.3 Å². The van der Waals surface area contributed by atoms with Gasteiger partial charge in [-0.2, -0.15) is 0 Å². The highest BCUT2D eigenvalue weighted by Crippen LogP contribution is 2.43. The van der Waals surface area contributed by atoms with E-state index in [2.05, 4.69) is 27.8 Å². The molecule has 0 aromatic rings. The van der Waals surface area contributed by atoms with Crippen LogP contribution >= 0.6 is 0 Å². The number of hydrogen-bond donors (Lipinski definition) is 4. The van der Waals surface area contributed by atoms with Gasteiger partial charge in [-0.3, -0.25) is 19.2 Å². The van der Waals surface area contributed by atoms with E-state index >= 15 is 0 Å². The number of rotatable bonds is 10. The molecule has 5 atom stereocenters. The molecular formula is C29H49N5O6. The number of fused-ring (bicyclic) bond motifs is 1. The summed E-state index contributed by atoms with van der Waals surface area (Å²) in [6.07, 6.45) is 2.44. The highest BCUT2D eigenvalue weighted by Gasteiger charge is 2.56. The second-order valence-corrected chi connectivity index (χ2v) is 13.6. The van der Waals surface area contributed by atoms with Crippen LogP contribution in [0.25, 0.3) is 0 Å². The lowest BCUT2D eigenvalue weighted by Crippen LogP contribution is -2.61. The van der Waals surface area contributed by atoms with Gasteiger partial charge in [0.25, 0.3) is 5.91 Å². The third kappa shape index (κ3) is 8.52. The van der Waals surface area contributed by atoms with Crippen LogP contribution in [0.5, 0.6) is 0 Å². The zero-order valence-electron chi connectivity index (χ0n) is 25.6. The van der Waals surface area contributed by atoms with Crippen LogP contribution in [0.2, 0.25) is 0 Å². The van der Waals surface area contributed by atoms with Crippen molar-refractivity contribution in [3.63, 3.8) is 0 Å². The van der Waals surface area contributed by atoms with Crippen molar-refractivity contribution in [2.45, 2.75) is 117 Å². The second kappa shape index (κ2) is 12.7. The minimum Gasteiger partial charge on any atom is -0.370 e. The van der Waals surface area contributed by atoms with Crippen molar-refractivity contribution in [3.05, 3.63) is 12.7 Å². The van der Waals surface area contributed by atoms with Crippen molar-refractivity contribution in [1.82, 2.24) is 26.2 Å². The van der Waals surface area contributed by atoms with Gasteiger partial charge in [0.1, 0.15) is 12.1 Å². The van der Waals surface area contributed by atoms with Crippen LogP contribution in [-0.2, 0) is 23.9 Å². The minimum absolute atomic E-state index is 0.127. The van der Waals surface area contributed by atoms with Crippen molar-refractivity contribution < 1.29 is 28.7 Å². The number of nitrogens with one attached hydrogen (secondary N) is 4. The highest BCUT2D eigenvalue weighted by molar-refractivity contribution is 6.38. The summed E-state index contributed by atoms with van der Waals surface area (Å²) in [5.41, 5.74) is -1.67. The Morgan fingerprint density at radius 3 is 2.23 bits per heavy atom. The van der Waals surface area contributed by atoms with E-state index in [1.165, 1.54) is 11.0 Å². The smallest absolute Gasteiger partial charge is 0.315 e. The van der Waals surface area contributed by atoms with Crippen molar-refractivity contribution in [2.75, 3.05) is 13.1 Å². The first-order valence-electron chi connectivity index (χ1n) is 14.1. The Morgan fingerprint density at radius 1 is 1.07 bits per heavy atom. The fourth-order valence-corrected chi connectivity index (χ4v) is 5.38. The van der Waals surface area contributed by atoms with Gasteiger partial charge in [0.15, 0.2) is 0 Å². The summed E-state index contributed by atoms with van der Waals surface area (Å²) >= 11 is 0. The Hall–Kier alpha value is -2.95. The molecule has 0 aromatic carbocycles. The fourth-order valence-electron chi connectivity index (χ4n) is 5.38. The minimum atomic E-state index is -1.04. The van der Waals surface area contributed by atoms with Gasteiger partial charge in [-0.15, -0.1) is 6.58 Å². The fraction of sp³-hybridized carbons (Fsp3) is 0.759. The highest BCUT2D eigenvalue weighted by atomic mass is 16.5. The number of amides is 5. The van der Waals surface area contributed by atoms with Gasteiger partial charge >= 0.3 is 6.03 Å². The average Bonchev–Trinajstić information content (AvgIpc) is 3.29. The summed E-state index contributed by atoms with van der Waals surface area (Å²) in [4.78, 5) is 67.5. The number of Topliss-reactive ketones (excluding diaryl/α,β-unsaturated/α-hetero) is 1. The third-order valence-electron chi connectivity index (χ3n) is 7.06. The third-order valence-corrected chi connectivity index (χ3v) is 7.06. The Labute approximate surface area is 238 Å². The van der Waals surface area contributed by atoms with Crippen LogP contribution in [-0.4, -0.2) is 82.9 Å². The molecule has 0 saturated carbocycles. The van der Waals surface area contributed by atoms with Crippen LogP contribution < -0.4 is 21.3 Å². The SMILES string of the molecule is C=CCNC(=O)C(=O)C(CCC)NC(=O)C1C2CC(C)(C)OC2CN1C(=O)[C@@H](NC(=O)NC(C)(C)C)C(C)(C)C. The standard InChI is InChI=1S/C29H49N5O6/c1-11-13-18(21(35)24(37)30-14-12-2)31-23(36)20-17-15-29(9,10)40-19(17)16-34(20)25(38)22(27(3,4)5)32-26(39)33-28(6,7)8/h12,17-20,22H,2,11,13-16H2,1,3-10H3,(H,30,37)(H,31,36)(H2,32,33,39)/t17?,18?,19?,20?,22-/m1/s1. The molecule has 2 aliphatic heterocycles. The van der Waals surface area contributed by atoms with Crippen LogP contribution in [0.15, 0.2) is 12.7 Å². The van der Waals surface area contributed by atoms with Crippen LogP contribution in [0, 0.1) is 11.3 Å². The predicted octanol–water partition coefficient (Wildman–Crippen LogP) is 2.05. The van der Waals surface area contributed by atoms with E-state index in [1.807, 2.05) is 62.3 Å². The van der Waals surface area contributed by atoms with Gasteiger partial charge < -0.3 is 30.9 Å². The predicted molar refractivity (Wildman–Crippen MR) is 152 cm³/mol. The maximum Gasteiger partial charge on any atom is 0.315 e. The lowest BCUT2D eigenvalue weighted by Gasteiger charge is -2.37. The quantitative estimate of drug-likeness (QED) is 0.236. The van der Waals surface area contributed by atoms with Crippen LogP contribution in [0.4, 0.5) is 4.79 Å². The monoisotopic (exact) mass is 563 g/mol. The Balaban J connectivity index is 2.38. The van der Waals surface area contributed by atoms with Crippen molar-refractivity contribution in [3.8, 4) is 0 Å². The topological polar surface area (TPSA) is 146 Å². The molecule has 2 aliphatic rings. The zero-order valence-corrected chi connectivity index (χ0v) is 25.6. The molecule has 2 heterocycles. The van der Waals surface area contributed by atoms with Crippen molar-refractivity contribution in [1.29, 1.82) is 0 Å². The van der Waals surface area contributed by atoms with Gasteiger partial charge in [-0.25, -0.2) is 4.79 Å². The van der Waals surface area contributed by atoms with E-state index < -0.39 is 64.2 Å². The van der Waals surface area contributed by atoms with E-state index in [0.717, 1.165) is 0 Å². The number of urea groups is 1. The van der Waals surface area contributed by atoms with E-state index in [1.54, 1.807) is 0 Å². The molecule has 2 fully saturated rings. The molecule has 4 unspecified atom stereocenters. The molecule has 226 valence electrons. The van der Waals surface area contributed by atoms with Crippen LogP contribution in [0.3, 0.4) is 0 Å².